The number of hydrogen-bond donors (Lipinski definition) is 9. The molecule has 59 heavy (non-hydrogen) atoms. The van der Waals surface area contributed by atoms with E-state index in [1.54, 1.807) is 53.8 Å². The van der Waals surface area contributed by atoms with Crippen LogP contribution in [-0.2, 0) is 46.4 Å². The molecule has 1 aromatic carbocycles. The second kappa shape index (κ2) is 22.6. The third kappa shape index (κ3) is 13.5. The fraction of sp³-hybridized carbons (Fsp3) is 0.610. The largest absolute Gasteiger partial charge is 0.508 e. The van der Waals surface area contributed by atoms with E-state index in [-0.39, 0.29) is 37.0 Å². The van der Waals surface area contributed by atoms with Crippen molar-refractivity contribution in [3.8, 4) is 5.75 Å². The molecule has 2 aromatic rings. The lowest BCUT2D eigenvalue weighted by Crippen LogP contribution is -2.61. The van der Waals surface area contributed by atoms with Crippen LogP contribution in [0.2, 0.25) is 0 Å². The van der Waals surface area contributed by atoms with Gasteiger partial charge >= 0.3 is 5.97 Å². The van der Waals surface area contributed by atoms with Crippen molar-refractivity contribution in [2.45, 2.75) is 129 Å². The summed E-state index contributed by atoms with van der Waals surface area (Å²) in [5.41, 5.74) is 1.11. The van der Waals surface area contributed by atoms with E-state index in [1.165, 1.54) is 29.6 Å². The van der Waals surface area contributed by atoms with Crippen LogP contribution in [0.5, 0.6) is 5.75 Å². The second-order valence-corrected chi connectivity index (χ2v) is 15.8. The lowest BCUT2D eigenvalue weighted by atomic mass is 9.96. The van der Waals surface area contributed by atoms with Crippen LogP contribution in [0.4, 0.5) is 0 Å². The number of nitrogens with zero attached hydrogens (tertiary/aromatic N) is 2. The normalized spacial score (nSPS) is 18.0. The Labute approximate surface area is 345 Å². The summed E-state index contributed by atoms with van der Waals surface area (Å²) in [7, 11) is 1.61. The van der Waals surface area contributed by atoms with E-state index >= 15 is 0 Å². The molecule has 1 aromatic heterocycles. The summed E-state index contributed by atoms with van der Waals surface area (Å²) in [5.74, 6) is -5.94. The number of aliphatic carboxylic acids is 1. The first-order chi connectivity index (χ1) is 27.9. The highest BCUT2D eigenvalue weighted by Crippen LogP contribution is 2.21. The van der Waals surface area contributed by atoms with Gasteiger partial charge in [0.05, 0.1) is 12.4 Å². The van der Waals surface area contributed by atoms with Crippen LogP contribution in [0.1, 0.15) is 85.4 Å². The predicted octanol–water partition coefficient (Wildman–Crippen LogP) is 0.756. The maximum Gasteiger partial charge on any atom is 0.326 e. The Bertz CT molecular complexity index is 1740. The van der Waals surface area contributed by atoms with Gasteiger partial charge in [-0.1, -0.05) is 66.5 Å². The second-order valence-electron chi connectivity index (χ2n) is 15.8. The smallest absolute Gasteiger partial charge is 0.326 e. The Morgan fingerprint density at radius 3 is 1.93 bits per heavy atom. The van der Waals surface area contributed by atoms with E-state index in [2.05, 4.69) is 41.9 Å². The average Bonchev–Trinajstić information content (AvgIpc) is 3.92. The zero-order valence-electron chi connectivity index (χ0n) is 35.3. The van der Waals surface area contributed by atoms with Crippen LogP contribution in [0, 0.1) is 17.8 Å². The number of carboxylic acid groups (broad SMARTS) is 1. The van der Waals surface area contributed by atoms with Gasteiger partial charge in [-0.15, -0.1) is 0 Å². The monoisotopic (exact) mass is 825 g/mol. The molecule has 18 heteroatoms. The molecule has 1 aliphatic heterocycles. The fourth-order valence-electron chi connectivity index (χ4n) is 6.75. The van der Waals surface area contributed by atoms with Gasteiger partial charge in [0, 0.05) is 31.3 Å². The van der Waals surface area contributed by atoms with Crippen molar-refractivity contribution in [2.24, 2.45) is 17.8 Å². The van der Waals surface area contributed by atoms with E-state index in [4.69, 9.17) is 0 Å². The zero-order chi connectivity index (χ0) is 44.0. The summed E-state index contributed by atoms with van der Waals surface area (Å²) in [5, 5.41) is 36.2. The van der Waals surface area contributed by atoms with Crippen molar-refractivity contribution in [3.63, 3.8) is 0 Å². The zero-order valence-corrected chi connectivity index (χ0v) is 35.3. The Hall–Kier alpha value is -5.52. The number of phenolic OH excluding ortho intramolecular Hbond substituents is 1. The number of carboxylic acids is 1. The minimum absolute atomic E-state index is 0.00388. The molecule has 9 N–H and O–H groups in total. The number of benzene rings is 1. The molecular weight excluding hydrogens is 763 g/mol. The van der Waals surface area contributed by atoms with Gasteiger partial charge in [0.25, 0.3) is 0 Å². The van der Waals surface area contributed by atoms with Crippen LogP contribution < -0.4 is 31.9 Å². The van der Waals surface area contributed by atoms with Crippen LogP contribution in [0.3, 0.4) is 0 Å². The van der Waals surface area contributed by atoms with Gasteiger partial charge < -0.3 is 52.0 Å². The molecular formula is C41H63N9O9. The predicted molar refractivity (Wildman–Crippen MR) is 218 cm³/mol. The topological polar surface area (TPSA) is 264 Å². The number of hydrogen-bond acceptors (Lipinski definition) is 10. The molecule has 0 saturated carbocycles. The lowest BCUT2D eigenvalue weighted by Gasteiger charge is -2.32. The maximum atomic E-state index is 14.3. The molecule has 326 valence electrons. The number of carbonyl (C=O) groups is 7. The number of H-pyrrole nitrogens is 1. The first-order valence-electron chi connectivity index (χ1n) is 20.4. The number of phenols is 1. The standard InChI is InChI=1S/C41H63N9O9/c1-9-23(5)33(48-36(53)29(18-26-13-15-28(51)16-14-26)45-38(55)32(22(3)4)47-35(52)25(7)42-8)39(56)46-30(19-27-20-43-21-44-27)40(57)50-17-11-12-31(50)37(54)49-34(41(58)59)24(6)10-2/h13-16,20-25,29-34,42,51H,9-12,17-19H2,1-8H3,(H,43,44)(H,45,55)(H,46,56)(H,47,52)(H,48,53)(H,49,54)(H,58,59)/t23-,24-,25+,29-,30-,31-,32-,33-,34-/m0/s1. The van der Waals surface area contributed by atoms with E-state index in [1.807, 2.05) is 13.8 Å². The Morgan fingerprint density at radius 1 is 0.780 bits per heavy atom. The van der Waals surface area contributed by atoms with Crippen LogP contribution in [0.25, 0.3) is 0 Å². The van der Waals surface area contributed by atoms with Gasteiger partial charge in [-0.05, 0) is 62.3 Å². The first kappa shape index (κ1) is 47.9. The molecule has 0 spiro atoms. The van der Waals surface area contributed by atoms with E-state index in [0.717, 1.165) is 0 Å². The van der Waals surface area contributed by atoms with E-state index in [0.29, 0.717) is 36.9 Å². The van der Waals surface area contributed by atoms with Crippen molar-refractivity contribution >= 4 is 41.4 Å². The van der Waals surface area contributed by atoms with Gasteiger partial charge in [-0.2, -0.15) is 0 Å². The van der Waals surface area contributed by atoms with E-state index < -0.39 is 89.6 Å². The van der Waals surface area contributed by atoms with Gasteiger partial charge in [0.15, 0.2) is 0 Å². The number of aromatic hydroxyl groups is 1. The summed E-state index contributed by atoms with van der Waals surface area (Å²) < 4.78 is 0. The highest BCUT2D eigenvalue weighted by molar-refractivity contribution is 5.97. The van der Waals surface area contributed by atoms with Crippen molar-refractivity contribution in [1.29, 1.82) is 0 Å². The minimum Gasteiger partial charge on any atom is -0.508 e. The molecule has 9 atom stereocenters. The number of likely N-dealkylation sites (tertiary alicyclic amines) is 1. The number of imidazole rings is 1. The highest BCUT2D eigenvalue weighted by Gasteiger charge is 2.41. The number of amides is 6. The third-order valence-corrected chi connectivity index (χ3v) is 11.1. The molecule has 1 fully saturated rings. The molecule has 3 rings (SSSR count). The molecule has 1 saturated heterocycles. The molecule has 2 heterocycles. The van der Waals surface area contributed by atoms with Gasteiger partial charge in [-0.25, -0.2) is 9.78 Å². The summed E-state index contributed by atoms with van der Waals surface area (Å²) >= 11 is 0. The minimum atomic E-state index is -1.23. The molecule has 0 bridgehead atoms. The molecule has 6 amide bonds. The number of likely N-dealkylation sites (N-methyl/N-ethyl adjacent to an activating group) is 1. The summed E-state index contributed by atoms with van der Waals surface area (Å²) in [6, 6.07) is -1.26. The Balaban J connectivity index is 1.91. The number of aromatic amines is 1. The molecule has 0 radical (unpaired) electrons. The van der Waals surface area contributed by atoms with Gasteiger partial charge in [0.2, 0.25) is 35.4 Å². The quantitative estimate of drug-likeness (QED) is 0.0800. The van der Waals surface area contributed by atoms with Crippen molar-refractivity contribution in [1.82, 2.24) is 46.8 Å². The van der Waals surface area contributed by atoms with Crippen LogP contribution in [0.15, 0.2) is 36.8 Å². The van der Waals surface area contributed by atoms with Crippen molar-refractivity contribution in [3.05, 3.63) is 48.0 Å². The first-order valence-corrected chi connectivity index (χ1v) is 20.4. The van der Waals surface area contributed by atoms with Crippen molar-refractivity contribution < 1.29 is 43.8 Å². The van der Waals surface area contributed by atoms with Crippen LogP contribution >= 0.6 is 0 Å². The van der Waals surface area contributed by atoms with Gasteiger partial charge in [-0.3, -0.25) is 28.8 Å². The highest BCUT2D eigenvalue weighted by atomic mass is 16.4. The van der Waals surface area contributed by atoms with E-state index in [9.17, 15) is 43.8 Å². The van der Waals surface area contributed by atoms with Crippen molar-refractivity contribution in [2.75, 3.05) is 13.6 Å². The Kier molecular flexibility index (Phi) is 18.3. The molecule has 0 unspecified atom stereocenters. The summed E-state index contributed by atoms with van der Waals surface area (Å²) in [4.78, 5) is 103. The summed E-state index contributed by atoms with van der Waals surface area (Å²) in [6.45, 7) is 12.5. The van der Waals surface area contributed by atoms with Gasteiger partial charge in [0.1, 0.15) is 42.0 Å². The number of nitrogens with one attached hydrogen (secondary N) is 7. The average molecular weight is 826 g/mol. The number of aromatic nitrogens is 2. The molecule has 1 aliphatic rings. The summed E-state index contributed by atoms with van der Waals surface area (Å²) in [6.07, 6.45) is 4.58. The Morgan fingerprint density at radius 2 is 1.37 bits per heavy atom. The number of rotatable bonds is 22. The number of carbonyl (C=O) groups excluding carboxylic acids is 6. The lowest BCUT2D eigenvalue weighted by molar-refractivity contribution is -0.146. The van der Waals surface area contributed by atoms with Crippen LogP contribution in [-0.4, -0.2) is 122 Å². The molecule has 18 nitrogen and oxygen atoms in total. The fourth-order valence-corrected chi connectivity index (χ4v) is 6.75. The molecule has 0 aliphatic carbocycles. The third-order valence-electron chi connectivity index (χ3n) is 11.1. The maximum absolute atomic E-state index is 14.3. The SMILES string of the molecule is CC[C@H](C)[C@H](NC(=O)[C@@H]1CCCN1C(=O)[C@H](Cc1cnc[nH]1)NC(=O)[C@@H](NC(=O)[C@H](Cc1ccc(O)cc1)NC(=O)[C@@H](NC(=O)[C@@H](C)NC)C(C)C)[C@@H](C)CC)C(=O)O.